The van der Waals surface area contributed by atoms with Crippen molar-refractivity contribution in [1.82, 2.24) is 20.0 Å². The molecular weight excluding hydrogens is 349 g/mol. The molecule has 2 aliphatic rings. The highest BCUT2D eigenvalue weighted by molar-refractivity contribution is 5.47. The van der Waals surface area contributed by atoms with Gasteiger partial charge in [-0.2, -0.15) is 0 Å². The molecule has 0 aromatic carbocycles. The van der Waals surface area contributed by atoms with Crippen molar-refractivity contribution in [1.29, 1.82) is 0 Å². The third-order valence-electron chi connectivity index (χ3n) is 5.96. The highest BCUT2D eigenvalue weighted by Crippen LogP contribution is 2.43. The predicted octanol–water partition coefficient (Wildman–Crippen LogP) is 2.14. The number of ether oxygens (including phenoxy) is 1. The van der Waals surface area contributed by atoms with Gasteiger partial charge in [-0.1, -0.05) is 5.21 Å². The van der Waals surface area contributed by atoms with Crippen molar-refractivity contribution in [3.8, 4) is 0 Å². The highest BCUT2D eigenvalue weighted by atomic mass is 19.1. The molecular formula is C19H26FN5O2. The van der Waals surface area contributed by atoms with Crippen molar-refractivity contribution >= 4 is 5.69 Å². The third-order valence-corrected chi connectivity index (χ3v) is 5.96. The van der Waals surface area contributed by atoms with Crippen molar-refractivity contribution in [2.75, 3.05) is 25.1 Å². The van der Waals surface area contributed by atoms with Crippen LogP contribution < -0.4 is 4.90 Å². The first-order chi connectivity index (χ1) is 12.9. The van der Waals surface area contributed by atoms with Crippen molar-refractivity contribution < 1.29 is 14.2 Å². The molecule has 0 radical (unpaired) electrons. The van der Waals surface area contributed by atoms with Crippen molar-refractivity contribution in [2.24, 2.45) is 11.8 Å². The van der Waals surface area contributed by atoms with Crippen molar-refractivity contribution in [2.45, 2.75) is 44.4 Å². The van der Waals surface area contributed by atoms with Gasteiger partial charge in [-0.05, 0) is 44.6 Å². The van der Waals surface area contributed by atoms with E-state index in [1.165, 1.54) is 6.20 Å². The second kappa shape index (κ2) is 6.83. The van der Waals surface area contributed by atoms with Crippen LogP contribution in [0, 0.1) is 17.7 Å². The maximum absolute atomic E-state index is 14.1. The molecule has 0 spiro atoms. The molecule has 27 heavy (non-hydrogen) atoms. The standard InChI is InChI=1S/C19H26FN5O2/c1-19(2,26)18-11-25(23-22-18)16-6-12-9-24(10-13(12)7-17(16)27-3)15-4-5-21-8-14(15)20/h4-5,8,11-13,16-17,26H,6-7,9-10H2,1-3H3/t12-,13+,16-,17-/m1/s1. The van der Waals surface area contributed by atoms with E-state index in [1.807, 2.05) is 10.9 Å². The number of rotatable bonds is 4. The predicted molar refractivity (Wildman–Crippen MR) is 97.7 cm³/mol. The SMILES string of the molecule is CO[C@@H]1C[C@H]2CN(c3ccncc3F)C[C@H]2C[C@H]1n1cc(C(C)(C)O)nn1. The molecule has 7 nitrogen and oxygen atoms in total. The van der Waals surface area contributed by atoms with E-state index in [-0.39, 0.29) is 18.0 Å². The van der Waals surface area contributed by atoms with E-state index >= 15 is 0 Å². The summed E-state index contributed by atoms with van der Waals surface area (Å²) in [6, 6.07) is 1.80. The van der Waals surface area contributed by atoms with Gasteiger partial charge in [-0.15, -0.1) is 5.10 Å². The monoisotopic (exact) mass is 375 g/mol. The average Bonchev–Trinajstić information content (AvgIpc) is 3.27. The number of fused-ring (bicyclic) bond motifs is 1. The van der Waals surface area contributed by atoms with Gasteiger partial charge in [-0.25, -0.2) is 9.07 Å². The molecule has 0 bridgehead atoms. The van der Waals surface area contributed by atoms with E-state index in [2.05, 4.69) is 20.2 Å². The molecule has 2 aromatic rings. The lowest BCUT2D eigenvalue weighted by molar-refractivity contribution is -0.00551. The Kier molecular flexibility index (Phi) is 4.63. The maximum Gasteiger partial charge on any atom is 0.164 e. The fourth-order valence-electron chi connectivity index (χ4n) is 4.46. The van der Waals surface area contributed by atoms with Gasteiger partial charge in [0.2, 0.25) is 0 Å². The quantitative estimate of drug-likeness (QED) is 0.882. The Morgan fingerprint density at radius 3 is 2.63 bits per heavy atom. The molecule has 1 saturated carbocycles. The van der Waals surface area contributed by atoms with Gasteiger partial charge >= 0.3 is 0 Å². The molecule has 4 atom stereocenters. The normalized spacial score (nSPS) is 28.4. The van der Waals surface area contributed by atoms with Crippen LogP contribution in [0.1, 0.15) is 38.4 Å². The number of anilines is 1. The Morgan fingerprint density at radius 2 is 2.00 bits per heavy atom. The van der Waals surface area contributed by atoms with E-state index in [4.69, 9.17) is 4.74 Å². The van der Waals surface area contributed by atoms with Gasteiger partial charge in [-0.3, -0.25) is 4.98 Å². The van der Waals surface area contributed by atoms with Crippen LogP contribution in [0.3, 0.4) is 0 Å². The minimum Gasteiger partial charge on any atom is -0.384 e. The molecule has 2 fully saturated rings. The van der Waals surface area contributed by atoms with Crippen LogP contribution in [0.25, 0.3) is 0 Å². The molecule has 0 unspecified atom stereocenters. The number of aromatic nitrogens is 4. The van der Waals surface area contributed by atoms with E-state index < -0.39 is 5.60 Å². The lowest BCUT2D eigenvalue weighted by atomic mass is 9.77. The minimum absolute atomic E-state index is 0.0184. The summed E-state index contributed by atoms with van der Waals surface area (Å²) in [6.45, 7) is 5.03. The van der Waals surface area contributed by atoms with Crippen LogP contribution in [-0.4, -0.2) is 51.4 Å². The lowest BCUT2D eigenvalue weighted by Crippen LogP contribution is -2.37. The van der Waals surface area contributed by atoms with Gasteiger partial charge < -0.3 is 14.7 Å². The van der Waals surface area contributed by atoms with Gasteiger partial charge in [0, 0.05) is 26.4 Å². The zero-order valence-electron chi connectivity index (χ0n) is 15.9. The van der Waals surface area contributed by atoms with Crippen LogP contribution in [0.2, 0.25) is 0 Å². The molecule has 0 amide bonds. The summed E-state index contributed by atoms with van der Waals surface area (Å²) in [5.41, 5.74) is 0.141. The first kappa shape index (κ1) is 18.3. The molecule has 1 N–H and O–H groups in total. The fourth-order valence-corrected chi connectivity index (χ4v) is 4.46. The number of pyridine rings is 1. The summed E-state index contributed by atoms with van der Waals surface area (Å²) in [7, 11) is 1.72. The summed E-state index contributed by atoms with van der Waals surface area (Å²) in [5, 5.41) is 18.6. The molecule has 2 aromatic heterocycles. The second-order valence-corrected chi connectivity index (χ2v) is 8.21. The Hall–Kier alpha value is -2.06. The Morgan fingerprint density at radius 1 is 1.26 bits per heavy atom. The zero-order valence-corrected chi connectivity index (χ0v) is 15.9. The van der Waals surface area contributed by atoms with Crippen LogP contribution in [0.4, 0.5) is 10.1 Å². The Bertz CT molecular complexity index is 805. The average molecular weight is 375 g/mol. The highest BCUT2D eigenvalue weighted by Gasteiger charge is 2.44. The fraction of sp³-hybridized carbons (Fsp3) is 0.632. The van der Waals surface area contributed by atoms with Gasteiger partial charge in [0.15, 0.2) is 5.82 Å². The smallest absolute Gasteiger partial charge is 0.164 e. The van der Waals surface area contributed by atoms with Crippen LogP contribution in [-0.2, 0) is 10.3 Å². The van der Waals surface area contributed by atoms with Crippen LogP contribution in [0.5, 0.6) is 0 Å². The summed E-state index contributed by atoms with van der Waals surface area (Å²) < 4.78 is 21.7. The molecule has 1 aliphatic carbocycles. The van der Waals surface area contributed by atoms with Crippen LogP contribution >= 0.6 is 0 Å². The molecule has 8 heteroatoms. The lowest BCUT2D eigenvalue weighted by Gasteiger charge is -2.36. The molecule has 1 aliphatic heterocycles. The molecule has 3 heterocycles. The first-order valence-electron chi connectivity index (χ1n) is 9.38. The molecule has 146 valence electrons. The number of hydrogen-bond acceptors (Lipinski definition) is 6. The number of aliphatic hydroxyl groups is 1. The number of methoxy groups -OCH3 is 1. The van der Waals surface area contributed by atoms with E-state index in [9.17, 15) is 9.50 Å². The van der Waals surface area contributed by atoms with E-state index in [1.54, 1.807) is 33.2 Å². The zero-order chi connectivity index (χ0) is 19.2. The number of halogens is 1. The number of hydrogen-bond donors (Lipinski definition) is 1. The third kappa shape index (κ3) is 3.43. The minimum atomic E-state index is -1.03. The van der Waals surface area contributed by atoms with E-state index in [0.717, 1.165) is 25.9 Å². The van der Waals surface area contributed by atoms with Crippen molar-refractivity contribution in [3.05, 3.63) is 36.2 Å². The second-order valence-electron chi connectivity index (χ2n) is 8.21. The van der Waals surface area contributed by atoms with Gasteiger partial charge in [0.25, 0.3) is 0 Å². The summed E-state index contributed by atoms with van der Waals surface area (Å²) in [4.78, 5) is 5.96. The van der Waals surface area contributed by atoms with Gasteiger partial charge in [0.05, 0.1) is 30.2 Å². The van der Waals surface area contributed by atoms with E-state index in [0.29, 0.717) is 23.2 Å². The van der Waals surface area contributed by atoms with Crippen molar-refractivity contribution in [3.63, 3.8) is 0 Å². The topological polar surface area (TPSA) is 76.3 Å². The summed E-state index contributed by atoms with van der Waals surface area (Å²) in [5.74, 6) is 0.613. The Balaban J connectivity index is 1.54. The summed E-state index contributed by atoms with van der Waals surface area (Å²) >= 11 is 0. The van der Waals surface area contributed by atoms with Crippen LogP contribution in [0.15, 0.2) is 24.7 Å². The largest absolute Gasteiger partial charge is 0.384 e. The Labute approximate surface area is 158 Å². The van der Waals surface area contributed by atoms with Gasteiger partial charge in [0.1, 0.15) is 11.3 Å². The summed E-state index contributed by atoms with van der Waals surface area (Å²) in [6.07, 6.45) is 6.52. The maximum atomic E-state index is 14.1. The molecule has 4 rings (SSSR count). The number of nitrogens with zero attached hydrogens (tertiary/aromatic N) is 5. The first-order valence-corrected chi connectivity index (χ1v) is 9.38. The molecule has 1 saturated heterocycles.